The molecule has 2 heterocycles. The van der Waals surface area contributed by atoms with Gasteiger partial charge in [0.25, 0.3) is 0 Å². The summed E-state index contributed by atoms with van der Waals surface area (Å²) in [5.41, 5.74) is 1.05. The van der Waals surface area contributed by atoms with Crippen LogP contribution in [0.5, 0.6) is 0 Å². The van der Waals surface area contributed by atoms with Crippen LogP contribution in [0.15, 0.2) is 34.6 Å². The second kappa shape index (κ2) is 8.87. The van der Waals surface area contributed by atoms with Gasteiger partial charge in [0.05, 0.1) is 24.1 Å². The lowest BCUT2D eigenvalue weighted by Crippen LogP contribution is -2.36. The minimum atomic E-state index is -4.42. The number of benzene rings is 1. The van der Waals surface area contributed by atoms with Gasteiger partial charge >= 0.3 is 6.18 Å². The van der Waals surface area contributed by atoms with Crippen molar-refractivity contribution in [2.75, 3.05) is 7.05 Å². The zero-order valence-corrected chi connectivity index (χ0v) is 17.7. The average Bonchev–Trinajstić information content (AvgIpc) is 3.21. The van der Waals surface area contributed by atoms with Crippen LogP contribution in [0.3, 0.4) is 0 Å². The summed E-state index contributed by atoms with van der Waals surface area (Å²) in [5.74, 6) is 1.28. The van der Waals surface area contributed by atoms with Crippen molar-refractivity contribution in [2.24, 2.45) is 12.0 Å². The molecule has 11 heteroatoms. The molecule has 0 bridgehead atoms. The molecular weight excluding hydrogens is 492 g/mol. The van der Waals surface area contributed by atoms with Crippen LogP contribution in [0.25, 0.3) is 11.0 Å². The molecule has 3 aromatic rings. The summed E-state index contributed by atoms with van der Waals surface area (Å²) in [6.07, 6.45) is -4.42. The molecule has 0 saturated heterocycles. The number of nitrogens with one attached hydrogen (secondary N) is 2. The lowest BCUT2D eigenvalue weighted by molar-refractivity contribution is -0.140. The first kappa shape index (κ1) is 21.4. The number of rotatable bonds is 4. The van der Waals surface area contributed by atoms with Crippen molar-refractivity contribution in [2.45, 2.75) is 19.3 Å². The molecule has 3 rings (SSSR count). The molecule has 0 amide bonds. The summed E-state index contributed by atoms with van der Waals surface area (Å²) < 4.78 is 39.7. The molecule has 1 aromatic carbocycles. The second-order valence-corrected chi connectivity index (χ2v) is 6.42. The Morgan fingerprint density at radius 3 is 2.52 bits per heavy atom. The average molecular weight is 510 g/mol. The van der Waals surface area contributed by atoms with Crippen LogP contribution in [0.1, 0.15) is 16.5 Å². The fourth-order valence-corrected chi connectivity index (χ4v) is 3.16. The largest absolute Gasteiger partial charge is 0.434 e. The van der Waals surface area contributed by atoms with Crippen LogP contribution in [-0.4, -0.2) is 27.5 Å². The van der Waals surface area contributed by atoms with Crippen molar-refractivity contribution in [1.29, 1.82) is 0 Å². The fraction of sp³-hybridized carbons (Fsp3) is 0.312. The molecule has 0 unspecified atom stereocenters. The normalized spacial score (nSPS) is 12.1. The highest BCUT2D eigenvalue weighted by molar-refractivity contribution is 14.0. The number of imidazole rings is 1. The van der Waals surface area contributed by atoms with Crippen molar-refractivity contribution < 1.29 is 13.2 Å². The van der Waals surface area contributed by atoms with Crippen molar-refractivity contribution in [3.8, 4) is 0 Å². The highest BCUT2D eigenvalue weighted by Crippen LogP contribution is 2.29. The van der Waals surface area contributed by atoms with Gasteiger partial charge in [-0.3, -0.25) is 4.99 Å². The summed E-state index contributed by atoms with van der Waals surface area (Å²) >= 11 is 0.956. The predicted octanol–water partition coefficient (Wildman–Crippen LogP) is 3.53. The van der Waals surface area contributed by atoms with Crippen LogP contribution < -0.4 is 10.6 Å². The first-order valence-corrected chi connectivity index (χ1v) is 8.63. The molecule has 0 fully saturated rings. The van der Waals surface area contributed by atoms with E-state index in [0.29, 0.717) is 17.5 Å². The van der Waals surface area contributed by atoms with Gasteiger partial charge in [-0.2, -0.15) is 13.2 Å². The van der Waals surface area contributed by atoms with Crippen LogP contribution >= 0.6 is 35.3 Å². The van der Waals surface area contributed by atoms with E-state index in [0.717, 1.165) is 33.6 Å². The first-order chi connectivity index (χ1) is 12.4. The third-order valence-corrected chi connectivity index (χ3v) is 4.62. The predicted molar refractivity (Wildman–Crippen MR) is 110 cm³/mol. The summed E-state index contributed by atoms with van der Waals surface area (Å²) in [7, 11) is 3.52. The smallest absolute Gasteiger partial charge is 0.350 e. The lowest BCUT2D eigenvalue weighted by Gasteiger charge is -2.11. The summed E-state index contributed by atoms with van der Waals surface area (Å²) in [5, 5.41) is 7.40. The van der Waals surface area contributed by atoms with Crippen LogP contribution in [-0.2, 0) is 26.3 Å². The van der Waals surface area contributed by atoms with E-state index < -0.39 is 11.9 Å². The Labute approximate surface area is 174 Å². The van der Waals surface area contributed by atoms with E-state index in [1.54, 1.807) is 7.05 Å². The number of guanidine groups is 1. The van der Waals surface area contributed by atoms with Gasteiger partial charge in [-0.25, -0.2) is 9.97 Å². The summed E-state index contributed by atoms with van der Waals surface area (Å²) in [6.45, 7) is 0.583. The highest BCUT2D eigenvalue weighted by Gasteiger charge is 2.33. The lowest BCUT2D eigenvalue weighted by atomic mass is 10.3. The Hall–Kier alpha value is -1.89. The van der Waals surface area contributed by atoms with Gasteiger partial charge in [0.1, 0.15) is 10.8 Å². The number of para-hydroxylation sites is 2. The van der Waals surface area contributed by atoms with Gasteiger partial charge < -0.3 is 15.2 Å². The van der Waals surface area contributed by atoms with Gasteiger partial charge in [0.15, 0.2) is 11.7 Å². The standard InChI is InChI=1S/C16H17F3N6S.HI/c1-20-15(22-8-14-24-12(9-26-14)16(17,18)19)21-7-13-23-10-5-3-4-6-11(10)25(13)2;/h3-6,9H,7-8H2,1-2H3,(H2,20,21,22);1H. The number of hydrogen-bond donors (Lipinski definition) is 2. The molecule has 2 aromatic heterocycles. The number of aliphatic imine (C=N–C) groups is 1. The fourth-order valence-electron chi connectivity index (χ4n) is 2.42. The Morgan fingerprint density at radius 2 is 1.89 bits per heavy atom. The van der Waals surface area contributed by atoms with E-state index in [9.17, 15) is 13.2 Å². The molecule has 27 heavy (non-hydrogen) atoms. The molecule has 0 spiro atoms. The monoisotopic (exact) mass is 510 g/mol. The van der Waals surface area contributed by atoms with E-state index in [1.165, 1.54) is 0 Å². The van der Waals surface area contributed by atoms with Crippen molar-refractivity contribution in [3.05, 3.63) is 46.2 Å². The Kier molecular flexibility index (Phi) is 7.03. The Balaban J connectivity index is 0.00000261. The molecule has 0 atom stereocenters. The van der Waals surface area contributed by atoms with E-state index in [4.69, 9.17) is 0 Å². The Bertz CT molecular complexity index is 934. The number of thiazole rings is 1. The number of aryl methyl sites for hydroxylation is 1. The summed E-state index contributed by atoms with van der Waals surface area (Å²) in [6, 6.07) is 7.80. The van der Waals surface area contributed by atoms with Crippen LogP contribution in [0.2, 0.25) is 0 Å². The van der Waals surface area contributed by atoms with Gasteiger partial charge in [-0.15, -0.1) is 35.3 Å². The molecule has 0 aliphatic carbocycles. The topological polar surface area (TPSA) is 67.1 Å². The second-order valence-electron chi connectivity index (χ2n) is 5.48. The number of fused-ring (bicyclic) bond motifs is 1. The van der Waals surface area contributed by atoms with Gasteiger partial charge in [-0.05, 0) is 12.1 Å². The number of nitrogens with zero attached hydrogens (tertiary/aromatic N) is 4. The van der Waals surface area contributed by atoms with Crippen molar-refractivity contribution in [3.63, 3.8) is 0 Å². The minimum Gasteiger partial charge on any atom is -0.350 e. The SMILES string of the molecule is CN=C(NCc1nc(C(F)(F)F)cs1)NCc1nc2ccccc2n1C.I. The number of alkyl halides is 3. The maximum Gasteiger partial charge on any atom is 0.434 e. The first-order valence-electron chi connectivity index (χ1n) is 7.75. The molecule has 146 valence electrons. The zero-order chi connectivity index (χ0) is 18.7. The number of aromatic nitrogens is 3. The molecule has 0 radical (unpaired) electrons. The number of halogens is 4. The van der Waals surface area contributed by atoms with Gasteiger partial charge in [0.2, 0.25) is 0 Å². The molecule has 6 nitrogen and oxygen atoms in total. The maximum atomic E-state index is 12.6. The minimum absolute atomic E-state index is 0. The van der Waals surface area contributed by atoms with E-state index in [2.05, 4.69) is 25.6 Å². The van der Waals surface area contributed by atoms with E-state index >= 15 is 0 Å². The third kappa shape index (κ3) is 5.09. The molecule has 0 saturated carbocycles. The summed E-state index contributed by atoms with van der Waals surface area (Å²) in [4.78, 5) is 12.2. The maximum absolute atomic E-state index is 12.6. The Morgan fingerprint density at radius 1 is 1.19 bits per heavy atom. The van der Waals surface area contributed by atoms with Crippen LogP contribution in [0, 0.1) is 0 Å². The molecule has 0 aliphatic rings. The van der Waals surface area contributed by atoms with Gasteiger partial charge in [-0.1, -0.05) is 12.1 Å². The van der Waals surface area contributed by atoms with Crippen LogP contribution in [0.4, 0.5) is 13.2 Å². The highest BCUT2D eigenvalue weighted by atomic mass is 127. The molecular formula is C16H18F3IN6S. The van der Waals surface area contributed by atoms with Gasteiger partial charge in [0, 0.05) is 19.5 Å². The molecule has 0 aliphatic heterocycles. The van der Waals surface area contributed by atoms with E-state index in [-0.39, 0.29) is 30.5 Å². The number of hydrogen-bond acceptors (Lipinski definition) is 4. The quantitative estimate of drug-likeness (QED) is 0.320. The van der Waals surface area contributed by atoms with Crippen molar-refractivity contribution in [1.82, 2.24) is 25.2 Å². The van der Waals surface area contributed by atoms with Crippen molar-refractivity contribution >= 4 is 52.3 Å². The molecule has 2 N–H and O–H groups in total. The van der Waals surface area contributed by atoms with E-state index in [1.807, 2.05) is 35.9 Å². The zero-order valence-electron chi connectivity index (χ0n) is 14.5. The third-order valence-electron chi connectivity index (χ3n) is 3.77.